The fourth-order valence-corrected chi connectivity index (χ4v) is 5.66. The lowest BCUT2D eigenvalue weighted by molar-refractivity contribution is 0.455. The predicted molar refractivity (Wildman–Crippen MR) is 114 cm³/mol. The van der Waals surface area contributed by atoms with Gasteiger partial charge in [-0.2, -0.15) is 8.42 Å². The zero-order valence-electron chi connectivity index (χ0n) is 14.3. The van der Waals surface area contributed by atoms with Crippen molar-refractivity contribution in [1.29, 1.82) is 0 Å². The average molecular weight is 494 g/mol. The topological polar surface area (TPSA) is 94.8 Å². The highest BCUT2D eigenvalue weighted by atomic mass is 35.5. The lowest BCUT2D eigenvalue weighted by Crippen LogP contribution is -2.38. The van der Waals surface area contributed by atoms with Gasteiger partial charge in [0.15, 0.2) is 4.75 Å². The molecule has 0 aliphatic carbocycles. The summed E-state index contributed by atoms with van der Waals surface area (Å²) in [5, 5.41) is 19.6. The smallest absolute Gasteiger partial charge is 0.283 e. The van der Waals surface area contributed by atoms with Gasteiger partial charge < -0.3 is 10.2 Å². The van der Waals surface area contributed by atoms with Crippen molar-refractivity contribution >= 4 is 56.5 Å². The Labute approximate surface area is 186 Å². The summed E-state index contributed by atoms with van der Waals surface area (Å²) in [7, 11) is -5.05. The van der Waals surface area contributed by atoms with Gasteiger partial charge in [0, 0.05) is 26.2 Å². The fraction of sp³-hybridized carbons (Fsp3) is 0.0526. The van der Waals surface area contributed by atoms with E-state index in [0.29, 0.717) is 0 Å². The largest absolute Gasteiger partial charge is 0.508 e. The van der Waals surface area contributed by atoms with Crippen LogP contribution in [-0.4, -0.2) is 23.2 Å². The summed E-state index contributed by atoms with van der Waals surface area (Å²) in [6.07, 6.45) is 0. The van der Waals surface area contributed by atoms with Gasteiger partial charge in [-0.05, 0) is 42.0 Å². The zero-order chi connectivity index (χ0) is 21.6. The molecule has 3 N–H and O–H groups in total. The predicted octanol–water partition coefficient (Wildman–Crippen LogP) is 5.89. The van der Waals surface area contributed by atoms with E-state index in [0.717, 1.165) is 18.2 Å². The third-order valence-electron chi connectivity index (χ3n) is 4.37. The first-order chi connectivity index (χ1) is 13.5. The molecule has 0 aromatic heterocycles. The molecule has 10 heteroatoms. The first-order valence-corrected chi connectivity index (χ1v) is 10.8. The first kappa shape index (κ1) is 22.0. The van der Waals surface area contributed by atoms with Gasteiger partial charge in [0.1, 0.15) is 11.5 Å². The van der Waals surface area contributed by atoms with Crippen molar-refractivity contribution in [3.63, 3.8) is 0 Å². The Morgan fingerprint density at radius 3 is 2.00 bits per heavy atom. The Hall–Kier alpha value is -1.67. The summed E-state index contributed by atoms with van der Waals surface area (Å²) in [6.45, 7) is 0. The minimum atomic E-state index is -5.05. The minimum absolute atomic E-state index is 0.00344. The third-order valence-corrected chi connectivity index (χ3v) is 6.98. The highest BCUT2D eigenvalue weighted by Crippen LogP contribution is 2.50. The molecule has 5 nitrogen and oxygen atoms in total. The summed E-state index contributed by atoms with van der Waals surface area (Å²) in [6, 6.07) is 11.4. The molecule has 0 saturated carbocycles. The van der Waals surface area contributed by atoms with Crippen molar-refractivity contribution in [3.05, 3.63) is 91.4 Å². The van der Waals surface area contributed by atoms with E-state index in [-0.39, 0.29) is 42.5 Å². The maximum absolute atomic E-state index is 13.0. The van der Waals surface area contributed by atoms with Crippen LogP contribution in [0.25, 0.3) is 0 Å². The van der Waals surface area contributed by atoms with Crippen LogP contribution < -0.4 is 0 Å². The summed E-state index contributed by atoms with van der Waals surface area (Å²) >= 11 is 24.6. The molecule has 0 aliphatic rings. The van der Waals surface area contributed by atoms with Gasteiger partial charge in [-0.15, -0.1) is 0 Å². The van der Waals surface area contributed by atoms with Gasteiger partial charge in [-0.25, -0.2) is 0 Å². The molecule has 0 heterocycles. The number of benzene rings is 3. The number of aromatic hydroxyl groups is 2. The number of phenolic OH excluding ortho intramolecular Hbond substituents is 2. The number of hydrogen-bond acceptors (Lipinski definition) is 4. The van der Waals surface area contributed by atoms with Crippen LogP contribution in [0.1, 0.15) is 16.7 Å². The van der Waals surface area contributed by atoms with E-state index >= 15 is 0 Å². The molecule has 0 bridgehead atoms. The second-order valence-corrected chi connectivity index (χ2v) is 9.33. The molecule has 0 radical (unpaired) electrons. The Balaban J connectivity index is 2.61. The quantitative estimate of drug-likeness (QED) is 0.311. The van der Waals surface area contributed by atoms with Crippen molar-refractivity contribution in [2.24, 2.45) is 0 Å². The van der Waals surface area contributed by atoms with E-state index in [9.17, 15) is 23.2 Å². The molecule has 3 aromatic rings. The molecule has 0 amide bonds. The fourth-order valence-electron chi connectivity index (χ4n) is 3.19. The van der Waals surface area contributed by atoms with Crippen molar-refractivity contribution in [1.82, 2.24) is 0 Å². The van der Waals surface area contributed by atoms with E-state index < -0.39 is 20.6 Å². The van der Waals surface area contributed by atoms with Gasteiger partial charge >= 0.3 is 0 Å². The average Bonchev–Trinajstić information content (AvgIpc) is 2.60. The van der Waals surface area contributed by atoms with Crippen LogP contribution in [0.3, 0.4) is 0 Å². The molecular formula is C19H12Cl4O5S. The van der Waals surface area contributed by atoms with Crippen LogP contribution in [0, 0.1) is 0 Å². The second-order valence-electron chi connectivity index (χ2n) is 6.11. The van der Waals surface area contributed by atoms with E-state index in [1.807, 2.05) is 0 Å². The Kier molecular flexibility index (Phi) is 5.98. The lowest BCUT2D eigenvalue weighted by atomic mass is 9.83. The first-order valence-electron chi connectivity index (χ1n) is 7.89. The van der Waals surface area contributed by atoms with Crippen LogP contribution in [0.2, 0.25) is 20.1 Å². The van der Waals surface area contributed by atoms with Gasteiger partial charge in [-0.1, -0.05) is 64.6 Å². The van der Waals surface area contributed by atoms with Crippen LogP contribution in [0.15, 0.2) is 54.6 Å². The Bertz CT molecular complexity index is 1210. The lowest BCUT2D eigenvalue weighted by Gasteiger charge is -2.34. The highest BCUT2D eigenvalue weighted by molar-refractivity contribution is 7.87. The van der Waals surface area contributed by atoms with E-state index in [2.05, 4.69) is 0 Å². The van der Waals surface area contributed by atoms with Crippen LogP contribution in [-0.2, 0) is 14.9 Å². The molecule has 3 rings (SSSR count). The molecule has 0 fully saturated rings. The molecule has 0 spiro atoms. The monoisotopic (exact) mass is 492 g/mol. The molecular weight excluding hydrogens is 482 g/mol. The van der Waals surface area contributed by atoms with E-state index in [1.165, 1.54) is 36.4 Å². The number of hydrogen-bond donors (Lipinski definition) is 3. The Morgan fingerprint density at radius 1 is 0.759 bits per heavy atom. The van der Waals surface area contributed by atoms with Crippen molar-refractivity contribution in [2.75, 3.05) is 0 Å². The van der Waals surface area contributed by atoms with E-state index in [4.69, 9.17) is 46.4 Å². The molecule has 3 aromatic carbocycles. The molecule has 29 heavy (non-hydrogen) atoms. The zero-order valence-corrected chi connectivity index (χ0v) is 18.1. The van der Waals surface area contributed by atoms with E-state index in [1.54, 1.807) is 0 Å². The van der Waals surface area contributed by atoms with Crippen molar-refractivity contribution in [2.45, 2.75) is 4.75 Å². The summed E-state index contributed by atoms with van der Waals surface area (Å²) in [5.41, 5.74) is -0.326. The maximum atomic E-state index is 13.0. The molecule has 0 saturated heterocycles. The molecule has 1 atom stereocenters. The van der Waals surface area contributed by atoms with Crippen molar-refractivity contribution in [3.8, 4) is 11.5 Å². The Morgan fingerprint density at radius 2 is 1.41 bits per heavy atom. The van der Waals surface area contributed by atoms with Crippen molar-refractivity contribution < 1.29 is 23.2 Å². The summed E-state index contributed by atoms with van der Waals surface area (Å²) in [4.78, 5) is 0. The number of phenols is 2. The maximum Gasteiger partial charge on any atom is 0.283 e. The molecule has 152 valence electrons. The normalized spacial score (nSPS) is 13.8. The van der Waals surface area contributed by atoms with Gasteiger partial charge in [0.25, 0.3) is 10.1 Å². The SMILES string of the molecule is O=S(=O)(O)C(c1cccc(Cl)c1)(c1ccc(O)cc1Cl)c1cc(O)c(Cl)cc1Cl. The standard InChI is InChI=1S/C19H12Cl4O5S/c20-11-3-1-2-10(6-11)19(29(26,27)28,13-5-4-12(24)7-15(13)21)14-8-18(25)17(23)9-16(14)22/h1-9,24-25H,(H,26,27,28). The number of rotatable bonds is 4. The molecule has 1 unspecified atom stereocenters. The van der Waals surface area contributed by atoms with Crippen LogP contribution in [0.5, 0.6) is 11.5 Å². The van der Waals surface area contributed by atoms with Crippen LogP contribution in [0.4, 0.5) is 0 Å². The highest BCUT2D eigenvalue weighted by Gasteiger charge is 2.51. The summed E-state index contributed by atoms with van der Waals surface area (Å²) < 4.78 is 34.0. The van der Waals surface area contributed by atoms with Crippen LogP contribution >= 0.6 is 46.4 Å². The van der Waals surface area contributed by atoms with Gasteiger partial charge in [-0.3, -0.25) is 4.55 Å². The summed E-state index contributed by atoms with van der Waals surface area (Å²) in [5.74, 6) is -0.685. The second kappa shape index (κ2) is 7.87. The minimum Gasteiger partial charge on any atom is -0.508 e. The number of halogens is 4. The third kappa shape index (κ3) is 3.77. The molecule has 0 aliphatic heterocycles. The van der Waals surface area contributed by atoms with Gasteiger partial charge in [0.05, 0.1) is 5.02 Å². The van der Waals surface area contributed by atoms with Gasteiger partial charge in [0.2, 0.25) is 0 Å².